The third kappa shape index (κ3) is 1.83. The van der Waals surface area contributed by atoms with Crippen molar-refractivity contribution in [3.63, 3.8) is 0 Å². The van der Waals surface area contributed by atoms with E-state index in [9.17, 15) is 0 Å². The van der Waals surface area contributed by atoms with E-state index in [0.717, 1.165) is 48.8 Å². The summed E-state index contributed by atoms with van der Waals surface area (Å²) in [7, 11) is 2.03. The van der Waals surface area contributed by atoms with Crippen LogP contribution in [0.1, 0.15) is 5.69 Å². The normalized spacial score (nSPS) is 16.5. The molecule has 0 bridgehead atoms. The molecule has 5 nitrogen and oxygen atoms in total. The molecule has 6 heteroatoms. The fourth-order valence-corrected chi connectivity index (χ4v) is 2.49. The largest absolute Gasteiger partial charge is 0.378 e. The lowest BCUT2D eigenvalue weighted by Crippen LogP contribution is -2.37. The van der Waals surface area contributed by atoms with Crippen molar-refractivity contribution < 1.29 is 4.74 Å². The highest BCUT2D eigenvalue weighted by molar-refractivity contribution is 6.28. The van der Waals surface area contributed by atoms with Crippen LogP contribution in [-0.2, 0) is 11.8 Å². The number of aryl methyl sites for hydroxylation is 2. The monoisotopic (exact) mass is 266 g/mol. The first-order chi connectivity index (χ1) is 8.66. The number of fused-ring (bicyclic) bond motifs is 1. The number of halogens is 1. The zero-order chi connectivity index (χ0) is 12.7. The minimum absolute atomic E-state index is 0.301. The highest BCUT2D eigenvalue weighted by atomic mass is 35.5. The minimum atomic E-state index is 0.301. The third-order valence-corrected chi connectivity index (χ3v) is 3.56. The molecule has 3 heterocycles. The SMILES string of the molecule is Cc1cc2nc(Cl)nc(N3CCOCC3)c2n1C. The van der Waals surface area contributed by atoms with Crippen LogP contribution in [0.3, 0.4) is 0 Å². The number of aromatic nitrogens is 3. The molecule has 0 atom stereocenters. The van der Waals surface area contributed by atoms with E-state index in [1.54, 1.807) is 0 Å². The van der Waals surface area contributed by atoms with Crippen LogP contribution >= 0.6 is 11.6 Å². The van der Waals surface area contributed by atoms with Crippen LogP contribution in [0, 0.1) is 6.92 Å². The number of hydrogen-bond donors (Lipinski definition) is 0. The first-order valence-corrected chi connectivity index (χ1v) is 6.37. The molecule has 0 aliphatic carbocycles. The van der Waals surface area contributed by atoms with Gasteiger partial charge < -0.3 is 14.2 Å². The van der Waals surface area contributed by atoms with Gasteiger partial charge in [-0.15, -0.1) is 0 Å². The van der Waals surface area contributed by atoms with E-state index in [1.165, 1.54) is 0 Å². The Morgan fingerprint density at radius 2 is 2.00 bits per heavy atom. The van der Waals surface area contributed by atoms with Crippen molar-refractivity contribution in [2.24, 2.45) is 7.05 Å². The van der Waals surface area contributed by atoms with Crippen LogP contribution in [0.5, 0.6) is 0 Å². The number of anilines is 1. The van der Waals surface area contributed by atoms with Gasteiger partial charge in [0.15, 0.2) is 5.82 Å². The van der Waals surface area contributed by atoms with Crippen molar-refractivity contribution in [3.05, 3.63) is 17.0 Å². The van der Waals surface area contributed by atoms with Crippen LogP contribution in [0.25, 0.3) is 11.0 Å². The molecule has 1 aliphatic rings. The Hall–Kier alpha value is -1.33. The minimum Gasteiger partial charge on any atom is -0.378 e. The maximum Gasteiger partial charge on any atom is 0.225 e. The standard InChI is InChI=1S/C12H15ClN4O/c1-8-7-9-10(16(8)2)11(15-12(13)14-9)17-3-5-18-6-4-17/h7H,3-6H2,1-2H3. The van der Waals surface area contributed by atoms with Crippen molar-refractivity contribution >= 4 is 28.5 Å². The molecule has 0 radical (unpaired) electrons. The topological polar surface area (TPSA) is 43.2 Å². The summed E-state index contributed by atoms with van der Waals surface area (Å²) in [5.74, 6) is 0.906. The van der Waals surface area contributed by atoms with Gasteiger partial charge in [0, 0.05) is 25.8 Å². The summed E-state index contributed by atoms with van der Waals surface area (Å²) in [6, 6.07) is 2.03. The number of hydrogen-bond acceptors (Lipinski definition) is 4. The van der Waals surface area contributed by atoms with Gasteiger partial charge in [-0.25, -0.2) is 4.98 Å². The number of morpholine rings is 1. The molecule has 0 spiro atoms. The lowest BCUT2D eigenvalue weighted by Gasteiger charge is -2.28. The maximum absolute atomic E-state index is 6.02. The Bertz CT molecular complexity index is 589. The fourth-order valence-electron chi connectivity index (χ4n) is 2.32. The Balaban J connectivity index is 2.19. The Kier molecular flexibility index (Phi) is 2.87. The van der Waals surface area contributed by atoms with E-state index in [-0.39, 0.29) is 0 Å². The van der Waals surface area contributed by atoms with Gasteiger partial charge in [0.05, 0.1) is 18.7 Å². The van der Waals surface area contributed by atoms with E-state index < -0.39 is 0 Å². The predicted molar refractivity (Wildman–Crippen MR) is 71.3 cm³/mol. The molecule has 2 aromatic rings. The van der Waals surface area contributed by atoms with Crippen molar-refractivity contribution in [1.29, 1.82) is 0 Å². The quantitative estimate of drug-likeness (QED) is 0.738. The average Bonchev–Trinajstić information content (AvgIpc) is 2.65. The summed E-state index contributed by atoms with van der Waals surface area (Å²) in [5, 5.41) is 0.301. The van der Waals surface area contributed by atoms with Crippen molar-refractivity contribution in [2.75, 3.05) is 31.2 Å². The van der Waals surface area contributed by atoms with Crippen molar-refractivity contribution in [3.8, 4) is 0 Å². The van der Waals surface area contributed by atoms with Gasteiger partial charge in [-0.2, -0.15) is 4.98 Å². The van der Waals surface area contributed by atoms with E-state index in [1.807, 2.05) is 13.1 Å². The Morgan fingerprint density at radius 1 is 1.28 bits per heavy atom. The number of rotatable bonds is 1. The van der Waals surface area contributed by atoms with E-state index in [4.69, 9.17) is 16.3 Å². The molecule has 0 saturated carbocycles. The molecule has 18 heavy (non-hydrogen) atoms. The molecule has 1 fully saturated rings. The van der Waals surface area contributed by atoms with E-state index in [0.29, 0.717) is 5.28 Å². The maximum atomic E-state index is 6.02. The molecule has 0 amide bonds. The fraction of sp³-hybridized carbons (Fsp3) is 0.500. The second-order valence-electron chi connectivity index (χ2n) is 4.49. The third-order valence-electron chi connectivity index (χ3n) is 3.39. The highest BCUT2D eigenvalue weighted by Gasteiger charge is 2.19. The van der Waals surface area contributed by atoms with Crippen LogP contribution in [-0.4, -0.2) is 40.8 Å². The molecule has 0 aromatic carbocycles. The summed E-state index contributed by atoms with van der Waals surface area (Å²) in [6.07, 6.45) is 0. The molecule has 2 aromatic heterocycles. The van der Waals surface area contributed by atoms with Gasteiger partial charge >= 0.3 is 0 Å². The van der Waals surface area contributed by atoms with Crippen LogP contribution in [0.4, 0.5) is 5.82 Å². The van der Waals surface area contributed by atoms with Gasteiger partial charge in [0.25, 0.3) is 0 Å². The van der Waals surface area contributed by atoms with Crippen LogP contribution < -0.4 is 4.90 Å². The van der Waals surface area contributed by atoms with Crippen molar-refractivity contribution in [2.45, 2.75) is 6.92 Å². The zero-order valence-electron chi connectivity index (χ0n) is 10.5. The van der Waals surface area contributed by atoms with Crippen molar-refractivity contribution in [1.82, 2.24) is 14.5 Å². The Labute approximate surface area is 110 Å². The molecule has 3 rings (SSSR count). The Morgan fingerprint density at radius 3 is 2.72 bits per heavy atom. The van der Waals surface area contributed by atoms with Gasteiger partial charge in [-0.05, 0) is 24.6 Å². The number of ether oxygens (including phenoxy) is 1. The molecule has 1 saturated heterocycles. The van der Waals surface area contributed by atoms with Crippen LogP contribution in [0.15, 0.2) is 6.07 Å². The lowest BCUT2D eigenvalue weighted by atomic mass is 10.3. The molecule has 96 valence electrons. The van der Waals surface area contributed by atoms with E-state index >= 15 is 0 Å². The van der Waals surface area contributed by atoms with Gasteiger partial charge in [-0.3, -0.25) is 0 Å². The van der Waals surface area contributed by atoms with E-state index in [2.05, 4.69) is 26.4 Å². The summed E-state index contributed by atoms with van der Waals surface area (Å²) in [4.78, 5) is 10.9. The summed E-state index contributed by atoms with van der Waals surface area (Å²) < 4.78 is 7.48. The molecule has 0 N–H and O–H groups in total. The first-order valence-electron chi connectivity index (χ1n) is 5.99. The van der Waals surface area contributed by atoms with Crippen LogP contribution in [0.2, 0.25) is 5.28 Å². The first kappa shape index (κ1) is 11.7. The average molecular weight is 267 g/mol. The zero-order valence-corrected chi connectivity index (χ0v) is 11.2. The summed E-state index contributed by atoms with van der Waals surface area (Å²) in [5.41, 5.74) is 3.09. The lowest BCUT2D eigenvalue weighted by molar-refractivity contribution is 0.122. The molecular weight excluding hydrogens is 252 g/mol. The van der Waals surface area contributed by atoms with Gasteiger partial charge in [0.1, 0.15) is 5.52 Å². The number of nitrogens with zero attached hydrogens (tertiary/aromatic N) is 4. The summed E-state index contributed by atoms with van der Waals surface area (Å²) >= 11 is 6.02. The summed E-state index contributed by atoms with van der Waals surface area (Å²) in [6.45, 7) is 5.19. The molecule has 0 unspecified atom stereocenters. The smallest absolute Gasteiger partial charge is 0.225 e. The molecular formula is C12H15ClN4O. The predicted octanol–water partition coefficient (Wildman–Crippen LogP) is 1.77. The second-order valence-corrected chi connectivity index (χ2v) is 4.83. The second kappa shape index (κ2) is 4.40. The van der Waals surface area contributed by atoms with Gasteiger partial charge in [0.2, 0.25) is 5.28 Å². The highest BCUT2D eigenvalue weighted by Crippen LogP contribution is 2.28. The van der Waals surface area contributed by atoms with Gasteiger partial charge in [-0.1, -0.05) is 0 Å². The molecule has 1 aliphatic heterocycles.